The predicted octanol–water partition coefficient (Wildman–Crippen LogP) is 3.69. The van der Waals surface area contributed by atoms with Crippen molar-refractivity contribution in [2.75, 3.05) is 6.54 Å². The molecule has 0 atom stereocenters. The van der Waals surface area contributed by atoms with Gasteiger partial charge in [-0.15, -0.1) is 0 Å². The van der Waals surface area contributed by atoms with E-state index in [0.717, 1.165) is 33.4 Å². The van der Waals surface area contributed by atoms with Crippen LogP contribution >= 0.6 is 15.9 Å². The number of rotatable bonds is 4. The molecule has 156 valence electrons. The number of hydrogen-bond donors (Lipinski definition) is 2. The number of nitrogens with one attached hydrogen (secondary N) is 2. The Balaban J connectivity index is 1.21. The summed E-state index contributed by atoms with van der Waals surface area (Å²) in [6.07, 6.45) is 2.61. The standard InChI is InChI=1S/C22H20BrN7O/c23-17-8-6-15(7-9-17)21-26-20(27-28-21)13-24-22(31)29-11-10-19-16(14-29)12-25-30(19)18-4-2-1-3-5-18/h1-9,12H,10-11,13-14H2,(H,24,31)(H,26,27,28). The minimum atomic E-state index is -0.125. The van der Waals surface area contributed by atoms with Crippen LogP contribution in [-0.2, 0) is 19.5 Å². The maximum atomic E-state index is 12.7. The first kappa shape index (κ1) is 19.5. The van der Waals surface area contributed by atoms with Crippen LogP contribution in [0, 0.1) is 0 Å². The van der Waals surface area contributed by atoms with Gasteiger partial charge in [0.1, 0.15) is 5.82 Å². The highest BCUT2D eigenvalue weighted by Crippen LogP contribution is 2.22. The second-order valence-electron chi connectivity index (χ2n) is 7.31. The number of nitrogens with zero attached hydrogens (tertiary/aromatic N) is 5. The van der Waals surface area contributed by atoms with Crippen LogP contribution < -0.4 is 5.32 Å². The van der Waals surface area contributed by atoms with E-state index in [4.69, 9.17) is 0 Å². The van der Waals surface area contributed by atoms with E-state index in [2.05, 4.69) is 41.5 Å². The van der Waals surface area contributed by atoms with Crippen molar-refractivity contribution in [3.05, 3.63) is 82.3 Å². The van der Waals surface area contributed by atoms with E-state index in [-0.39, 0.29) is 12.6 Å². The summed E-state index contributed by atoms with van der Waals surface area (Å²) in [6, 6.07) is 17.7. The quantitative estimate of drug-likeness (QED) is 0.468. The van der Waals surface area contributed by atoms with Crippen LogP contribution in [0.1, 0.15) is 17.1 Å². The highest BCUT2D eigenvalue weighted by atomic mass is 79.9. The lowest BCUT2D eigenvalue weighted by Gasteiger charge is -2.27. The Hall–Kier alpha value is -3.46. The molecule has 0 spiro atoms. The number of benzene rings is 2. The largest absolute Gasteiger partial charge is 0.331 e. The Morgan fingerprint density at radius 1 is 1.13 bits per heavy atom. The minimum absolute atomic E-state index is 0.125. The van der Waals surface area contributed by atoms with E-state index in [0.29, 0.717) is 24.7 Å². The van der Waals surface area contributed by atoms with Gasteiger partial charge in [-0.1, -0.05) is 46.3 Å². The summed E-state index contributed by atoms with van der Waals surface area (Å²) in [6.45, 7) is 1.46. The maximum absolute atomic E-state index is 12.7. The molecule has 31 heavy (non-hydrogen) atoms. The molecule has 2 N–H and O–H groups in total. The second kappa shape index (κ2) is 8.35. The lowest BCUT2D eigenvalue weighted by molar-refractivity contribution is 0.191. The van der Waals surface area contributed by atoms with Crippen LogP contribution in [0.15, 0.2) is 65.3 Å². The van der Waals surface area contributed by atoms with Crippen molar-refractivity contribution in [1.82, 2.24) is 35.2 Å². The van der Waals surface area contributed by atoms with Gasteiger partial charge >= 0.3 is 6.03 Å². The van der Waals surface area contributed by atoms with Crippen molar-refractivity contribution >= 4 is 22.0 Å². The number of H-pyrrole nitrogens is 1. The Kier molecular flexibility index (Phi) is 5.25. The minimum Gasteiger partial charge on any atom is -0.331 e. The number of aromatic amines is 1. The SMILES string of the molecule is O=C(NCc1nc(-c2ccc(Br)cc2)n[nH]1)N1CCc2c(cnn2-c2ccccc2)C1. The molecular formula is C22H20BrN7O. The lowest BCUT2D eigenvalue weighted by Crippen LogP contribution is -2.42. The average molecular weight is 478 g/mol. The van der Waals surface area contributed by atoms with Gasteiger partial charge in [-0.2, -0.15) is 10.2 Å². The van der Waals surface area contributed by atoms with Crippen molar-refractivity contribution in [3.63, 3.8) is 0 Å². The van der Waals surface area contributed by atoms with Crippen LogP contribution in [0.3, 0.4) is 0 Å². The third-order valence-corrected chi connectivity index (χ3v) is 5.79. The van der Waals surface area contributed by atoms with Crippen molar-refractivity contribution in [2.24, 2.45) is 0 Å². The van der Waals surface area contributed by atoms with Gasteiger partial charge in [-0.05, 0) is 24.3 Å². The predicted molar refractivity (Wildman–Crippen MR) is 119 cm³/mol. The van der Waals surface area contributed by atoms with Crippen molar-refractivity contribution < 1.29 is 4.79 Å². The highest BCUT2D eigenvalue weighted by Gasteiger charge is 2.24. The van der Waals surface area contributed by atoms with E-state index in [9.17, 15) is 4.79 Å². The van der Waals surface area contributed by atoms with Crippen LogP contribution in [0.4, 0.5) is 4.79 Å². The molecule has 5 rings (SSSR count). The van der Waals surface area contributed by atoms with Crippen molar-refractivity contribution in [1.29, 1.82) is 0 Å². The van der Waals surface area contributed by atoms with E-state index in [1.807, 2.05) is 65.5 Å². The number of aromatic nitrogens is 5. The van der Waals surface area contributed by atoms with Gasteiger partial charge in [-0.3, -0.25) is 5.10 Å². The number of carbonyl (C=O) groups is 1. The Morgan fingerprint density at radius 2 is 1.94 bits per heavy atom. The molecular weight excluding hydrogens is 458 g/mol. The smallest absolute Gasteiger partial charge is 0.318 e. The molecule has 3 heterocycles. The van der Waals surface area contributed by atoms with Gasteiger partial charge in [0.05, 0.1) is 30.7 Å². The van der Waals surface area contributed by atoms with Gasteiger partial charge in [-0.25, -0.2) is 14.5 Å². The van der Waals surface area contributed by atoms with Gasteiger partial charge in [0, 0.05) is 28.6 Å². The molecule has 0 saturated heterocycles. The fraction of sp³-hybridized carbons (Fsp3) is 0.182. The number of amides is 2. The number of para-hydroxylation sites is 1. The summed E-state index contributed by atoms with van der Waals surface area (Å²) in [4.78, 5) is 19.0. The number of fused-ring (bicyclic) bond motifs is 1. The summed E-state index contributed by atoms with van der Waals surface area (Å²) < 4.78 is 2.96. The van der Waals surface area contributed by atoms with Crippen LogP contribution in [0.2, 0.25) is 0 Å². The second-order valence-corrected chi connectivity index (χ2v) is 8.22. The topological polar surface area (TPSA) is 91.7 Å². The molecule has 0 bridgehead atoms. The zero-order valence-corrected chi connectivity index (χ0v) is 18.2. The van der Waals surface area contributed by atoms with Crippen LogP contribution in [0.25, 0.3) is 17.1 Å². The third kappa shape index (κ3) is 4.09. The van der Waals surface area contributed by atoms with E-state index >= 15 is 0 Å². The zero-order valence-electron chi connectivity index (χ0n) is 16.6. The first-order valence-electron chi connectivity index (χ1n) is 9.98. The van der Waals surface area contributed by atoms with Crippen LogP contribution in [-0.4, -0.2) is 42.4 Å². The van der Waals surface area contributed by atoms with E-state index < -0.39 is 0 Å². The fourth-order valence-corrected chi connectivity index (χ4v) is 3.93. The average Bonchev–Trinajstić information content (AvgIpc) is 3.45. The zero-order chi connectivity index (χ0) is 21.2. The number of carbonyl (C=O) groups excluding carboxylic acids is 1. The number of halogens is 1. The maximum Gasteiger partial charge on any atom is 0.318 e. The molecule has 1 aliphatic rings. The number of urea groups is 1. The summed E-state index contributed by atoms with van der Waals surface area (Å²) in [5, 5.41) is 14.6. The molecule has 4 aromatic rings. The molecule has 2 aromatic heterocycles. The van der Waals surface area contributed by atoms with Gasteiger partial charge in [0.2, 0.25) is 0 Å². The molecule has 0 aliphatic carbocycles. The lowest BCUT2D eigenvalue weighted by atomic mass is 10.1. The first-order chi connectivity index (χ1) is 15.2. The van der Waals surface area contributed by atoms with Crippen molar-refractivity contribution in [3.8, 4) is 17.1 Å². The summed E-state index contributed by atoms with van der Waals surface area (Å²) in [7, 11) is 0. The normalized spacial score (nSPS) is 13.1. The van der Waals surface area contributed by atoms with Gasteiger partial charge in [0.25, 0.3) is 0 Å². The van der Waals surface area contributed by atoms with Gasteiger partial charge in [0.15, 0.2) is 5.82 Å². The fourth-order valence-electron chi connectivity index (χ4n) is 3.67. The molecule has 0 radical (unpaired) electrons. The van der Waals surface area contributed by atoms with E-state index in [1.165, 1.54) is 0 Å². The monoisotopic (exact) mass is 477 g/mol. The third-order valence-electron chi connectivity index (χ3n) is 5.26. The molecule has 2 amide bonds. The number of hydrogen-bond acceptors (Lipinski definition) is 4. The summed E-state index contributed by atoms with van der Waals surface area (Å²) in [5.41, 5.74) is 4.18. The van der Waals surface area contributed by atoms with Gasteiger partial charge < -0.3 is 10.2 Å². The van der Waals surface area contributed by atoms with E-state index in [1.54, 1.807) is 4.90 Å². The Labute approximate surface area is 187 Å². The Morgan fingerprint density at radius 3 is 2.74 bits per heavy atom. The molecule has 2 aromatic carbocycles. The van der Waals surface area contributed by atoms with Crippen LogP contribution in [0.5, 0.6) is 0 Å². The molecule has 9 heteroatoms. The highest BCUT2D eigenvalue weighted by molar-refractivity contribution is 9.10. The first-order valence-corrected chi connectivity index (χ1v) is 10.8. The Bertz CT molecular complexity index is 1200. The molecule has 0 fully saturated rings. The molecule has 0 saturated carbocycles. The molecule has 1 aliphatic heterocycles. The summed E-state index contributed by atoms with van der Waals surface area (Å²) >= 11 is 3.42. The molecule has 8 nitrogen and oxygen atoms in total. The van der Waals surface area contributed by atoms with Crippen molar-refractivity contribution in [2.45, 2.75) is 19.5 Å². The molecule has 0 unspecified atom stereocenters. The summed E-state index contributed by atoms with van der Waals surface area (Å²) in [5.74, 6) is 1.22.